The van der Waals surface area contributed by atoms with Gasteiger partial charge in [0.05, 0.1) is 18.4 Å². The van der Waals surface area contributed by atoms with Crippen molar-refractivity contribution in [3.63, 3.8) is 0 Å². The Morgan fingerprint density at radius 3 is 2.88 bits per heavy atom. The molecule has 5 nitrogen and oxygen atoms in total. The third-order valence-electron chi connectivity index (χ3n) is 5.19. The minimum Gasteiger partial charge on any atom is -0.382 e. The van der Waals surface area contributed by atoms with Gasteiger partial charge in [0.1, 0.15) is 5.60 Å². The molecule has 25 heavy (non-hydrogen) atoms. The number of aliphatic hydroxyl groups is 1. The molecule has 0 aliphatic carbocycles. The monoisotopic (exact) mass is 336 g/mol. The van der Waals surface area contributed by atoms with Gasteiger partial charge in [-0.2, -0.15) is 0 Å². The second-order valence-electron chi connectivity index (χ2n) is 7.38. The van der Waals surface area contributed by atoms with E-state index < -0.39 is 5.60 Å². The summed E-state index contributed by atoms with van der Waals surface area (Å²) in [5, 5.41) is 12.4. The number of benzene rings is 1. The molecule has 4 rings (SSSR count). The van der Waals surface area contributed by atoms with Crippen LogP contribution in [-0.2, 0) is 25.1 Å². The minimum absolute atomic E-state index is 0.467. The molecular formula is C20H24N4O. The topological polar surface area (TPSA) is 54.2 Å². The molecular weight excluding hydrogens is 312 g/mol. The van der Waals surface area contributed by atoms with Crippen molar-refractivity contribution in [1.82, 2.24) is 19.4 Å². The third kappa shape index (κ3) is 2.83. The maximum absolute atomic E-state index is 11.1. The van der Waals surface area contributed by atoms with Crippen molar-refractivity contribution in [1.29, 1.82) is 0 Å². The van der Waals surface area contributed by atoms with Gasteiger partial charge in [0.25, 0.3) is 0 Å². The SMILES string of the molecule is Cc1ccc2c(c1)c1c(n2CC(C)(O)c2cnccn2)CN(C)CC1. The highest BCUT2D eigenvalue weighted by molar-refractivity contribution is 5.86. The van der Waals surface area contributed by atoms with Gasteiger partial charge >= 0.3 is 0 Å². The number of nitrogens with zero attached hydrogens (tertiary/aromatic N) is 4. The highest BCUT2D eigenvalue weighted by atomic mass is 16.3. The number of hydrogen-bond acceptors (Lipinski definition) is 4. The lowest BCUT2D eigenvalue weighted by Gasteiger charge is -2.28. The molecule has 0 bridgehead atoms. The highest BCUT2D eigenvalue weighted by Crippen LogP contribution is 2.33. The average Bonchev–Trinajstić information content (AvgIpc) is 2.88. The molecule has 1 atom stereocenters. The van der Waals surface area contributed by atoms with Crippen molar-refractivity contribution < 1.29 is 5.11 Å². The summed E-state index contributed by atoms with van der Waals surface area (Å²) < 4.78 is 2.27. The summed E-state index contributed by atoms with van der Waals surface area (Å²) in [5.41, 5.74) is 4.71. The van der Waals surface area contributed by atoms with Gasteiger partial charge in [-0.15, -0.1) is 0 Å². The first kappa shape index (κ1) is 16.2. The summed E-state index contributed by atoms with van der Waals surface area (Å²) in [7, 11) is 2.15. The molecule has 0 amide bonds. The molecule has 0 saturated carbocycles. The maximum Gasteiger partial charge on any atom is 0.123 e. The zero-order valence-electron chi connectivity index (χ0n) is 15.0. The molecule has 1 unspecified atom stereocenters. The Morgan fingerprint density at radius 2 is 2.12 bits per heavy atom. The summed E-state index contributed by atoms with van der Waals surface area (Å²) in [6.07, 6.45) is 5.95. The number of rotatable bonds is 3. The smallest absolute Gasteiger partial charge is 0.123 e. The first-order valence-corrected chi connectivity index (χ1v) is 8.74. The summed E-state index contributed by atoms with van der Waals surface area (Å²) in [6.45, 7) is 6.39. The lowest BCUT2D eigenvalue weighted by Crippen LogP contribution is -2.32. The van der Waals surface area contributed by atoms with Crippen molar-refractivity contribution in [2.45, 2.75) is 39.0 Å². The fraction of sp³-hybridized carbons (Fsp3) is 0.400. The van der Waals surface area contributed by atoms with Gasteiger partial charge in [0.2, 0.25) is 0 Å². The first-order chi connectivity index (χ1) is 12.0. The normalized spacial score (nSPS) is 17.4. The van der Waals surface area contributed by atoms with E-state index in [4.69, 9.17) is 0 Å². The second kappa shape index (κ2) is 5.93. The van der Waals surface area contributed by atoms with E-state index in [-0.39, 0.29) is 0 Å². The fourth-order valence-corrected chi connectivity index (χ4v) is 3.83. The highest BCUT2D eigenvalue weighted by Gasteiger charge is 2.30. The number of aryl methyl sites for hydroxylation is 1. The van der Waals surface area contributed by atoms with E-state index in [0.717, 1.165) is 19.5 Å². The van der Waals surface area contributed by atoms with Gasteiger partial charge in [-0.3, -0.25) is 9.97 Å². The van der Waals surface area contributed by atoms with Crippen LogP contribution in [0.2, 0.25) is 0 Å². The van der Waals surface area contributed by atoms with Crippen LogP contribution in [0.1, 0.15) is 29.4 Å². The molecule has 1 aliphatic heterocycles. The van der Waals surface area contributed by atoms with Gasteiger partial charge < -0.3 is 14.6 Å². The van der Waals surface area contributed by atoms with Crippen molar-refractivity contribution in [3.8, 4) is 0 Å². The van der Waals surface area contributed by atoms with Gasteiger partial charge in [0.15, 0.2) is 0 Å². The molecule has 1 aliphatic rings. The Balaban J connectivity index is 1.85. The van der Waals surface area contributed by atoms with E-state index >= 15 is 0 Å². The number of likely N-dealkylation sites (N-methyl/N-ethyl adjacent to an activating group) is 1. The minimum atomic E-state index is -1.07. The van der Waals surface area contributed by atoms with Crippen molar-refractivity contribution in [3.05, 3.63) is 59.3 Å². The van der Waals surface area contributed by atoms with Crippen molar-refractivity contribution >= 4 is 10.9 Å². The van der Waals surface area contributed by atoms with Crippen LogP contribution in [0.3, 0.4) is 0 Å². The summed E-state index contributed by atoms with van der Waals surface area (Å²) in [5.74, 6) is 0. The Labute approximate surface area is 147 Å². The second-order valence-corrected chi connectivity index (χ2v) is 7.38. The number of fused-ring (bicyclic) bond motifs is 3. The van der Waals surface area contributed by atoms with Crippen LogP contribution < -0.4 is 0 Å². The predicted molar refractivity (Wildman–Crippen MR) is 98.3 cm³/mol. The molecule has 130 valence electrons. The van der Waals surface area contributed by atoms with Gasteiger partial charge in [0, 0.05) is 42.1 Å². The van der Waals surface area contributed by atoms with Gasteiger partial charge in [-0.1, -0.05) is 11.6 Å². The summed E-state index contributed by atoms with van der Waals surface area (Å²) in [4.78, 5) is 10.8. The van der Waals surface area contributed by atoms with Crippen LogP contribution in [0.5, 0.6) is 0 Å². The maximum atomic E-state index is 11.1. The van der Waals surface area contributed by atoms with Crippen LogP contribution in [0.25, 0.3) is 10.9 Å². The zero-order valence-corrected chi connectivity index (χ0v) is 15.0. The van der Waals surface area contributed by atoms with Crippen LogP contribution >= 0.6 is 0 Å². The Hall–Kier alpha value is -2.24. The number of aromatic nitrogens is 3. The summed E-state index contributed by atoms with van der Waals surface area (Å²) >= 11 is 0. The van der Waals surface area contributed by atoms with Crippen LogP contribution in [0.4, 0.5) is 0 Å². The van der Waals surface area contributed by atoms with E-state index in [0.29, 0.717) is 12.2 Å². The molecule has 0 saturated heterocycles. The van der Waals surface area contributed by atoms with Crippen LogP contribution in [0, 0.1) is 6.92 Å². The van der Waals surface area contributed by atoms with Gasteiger partial charge in [-0.25, -0.2) is 0 Å². The molecule has 0 spiro atoms. The van der Waals surface area contributed by atoms with Crippen LogP contribution in [0.15, 0.2) is 36.8 Å². The Bertz CT molecular complexity index is 914. The molecule has 0 fully saturated rings. The van der Waals surface area contributed by atoms with E-state index in [1.54, 1.807) is 18.6 Å². The summed E-state index contributed by atoms with van der Waals surface area (Å²) in [6, 6.07) is 6.59. The van der Waals surface area contributed by atoms with E-state index in [1.807, 2.05) is 6.92 Å². The molecule has 0 radical (unpaired) electrons. The first-order valence-electron chi connectivity index (χ1n) is 8.74. The quantitative estimate of drug-likeness (QED) is 0.799. The van der Waals surface area contributed by atoms with E-state index in [2.05, 4.69) is 51.6 Å². The number of hydrogen-bond donors (Lipinski definition) is 1. The molecule has 3 aromatic rings. The predicted octanol–water partition coefficient (Wildman–Crippen LogP) is 2.64. The largest absolute Gasteiger partial charge is 0.382 e. The van der Waals surface area contributed by atoms with Crippen molar-refractivity contribution in [2.75, 3.05) is 13.6 Å². The van der Waals surface area contributed by atoms with E-state index in [1.165, 1.54) is 27.7 Å². The molecule has 1 aromatic carbocycles. The van der Waals surface area contributed by atoms with Gasteiger partial charge in [-0.05, 0) is 45.0 Å². The molecule has 3 heterocycles. The molecule has 1 N–H and O–H groups in total. The van der Waals surface area contributed by atoms with Crippen LogP contribution in [-0.4, -0.2) is 38.1 Å². The fourth-order valence-electron chi connectivity index (χ4n) is 3.83. The lowest BCUT2D eigenvalue weighted by molar-refractivity contribution is 0.0333. The lowest BCUT2D eigenvalue weighted by atomic mass is 10.0. The Kier molecular flexibility index (Phi) is 3.85. The third-order valence-corrected chi connectivity index (χ3v) is 5.19. The average molecular weight is 336 g/mol. The molecule has 2 aromatic heterocycles. The van der Waals surface area contributed by atoms with E-state index in [9.17, 15) is 5.11 Å². The standard InChI is InChI=1S/C20H24N4O/c1-14-4-5-17-16(10-14)15-6-9-23(3)12-18(15)24(17)13-20(2,25)19-11-21-7-8-22-19/h4-5,7-8,10-11,25H,6,9,12-13H2,1-3H3. The zero-order chi connectivity index (χ0) is 17.6. The molecule has 5 heteroatoms. The van der Waals surface area contributed by atoms with Crippen molar-refractivity contribution in [2.24, 2.45) is 0 Å². The Morgan fingerprint density at radius 1 is 1.28 bits per heavy atom.